The standard InChI is InChI=1S/C30H36F3N5O3S/c1-20-19-36(26(39)25-10-9-15-41-25)21(2)18-35(20)13-7-5-6-8-14-37-28(42)38(27(40)29(37,3)4)23-12-11-22(17-34)24(16-23)30(31,32)33/h9-12,15-16,20-21H,5-8,13-14,18-19H2,1-4H3. The molecule has 2 amide bonds. The van der Waals surface area contributed by atoms with Gasteiger partial charge in [0.15, 0.2) is 10.9 Å². The van der Waals surface area contributed by atoms with Gasteiger partial charge in [-0.05, 0) is 89.6 Å². The molecule has 0 radical (unpaired) electrons. The van der Waals surface area contributed by atoms with E-state index in [1.807, 2.05) is 11.8 Å². The van der Waals surface area contributed by atoms with E-state index in [2.05, 4.69) is 11.8 Å². The van der Waals surface area contributed by atoms with E-state index in [4.69, 9.17) is 21.9 Å². The largest absolute Gasteiger partial charge is 0.459 e. The summed E-state index contributed by atoms with van der Waals surface area (Å²) in [6.07, 6.45) is 0.389. The van der Waals surface area contributed by atoms with Gasteiger partial charge in [-0.3, -0.25) is 19.4 Å². The van der Waals surface area contributed by atoms with Crippen molar-refractivity contribution >= 4 is 34.8 Å². The Labute approximate surface area is 249 Å². The highest BCUT2D eigenvalue weighted by Gasteiger charge is 2.49. The van der Waals surface area contributed by atoms with Crippen LogP contribution in [0.4, 0.5) is 18.9 Å². The molecule has 2 aliphatic heterocycles. The molecular weight excluding hydrogens is 567 g/mol. The number of thiocarbonyl (C=S) groups is 1. The molecule has 8 nitrogen and oxygen atoms in total. The molecule has 1 aromatic heterocycles. The smallest absolute Gasteiger partial charge is 0.417 e. The molecule has 2 aromatic rings. The second-order valence-electron chi connectivity index (χ2n) is 11.5. The lowest BCUT2D eigenvalue weighted by Gasteiger charge is -2.44. The van der Waals surface area contributed by atoms with Crippen molar-refractivity contribution in [2.45, 2.75) is 77.2 Å². The van der Waals surface area contributed by atoms with Crippen molar-refractivity contribution in [1.82, 2.24) is 14.7 Å². The number of nitriles is 1. The third kappa shape index (κ3) is 6.32. The molecule has 0 N–H and O–H groups in total. The zero-order valence-electron chi connectivity index (χ0n) is 24.3. The zero-order valence-corrected chi connectivity index (χ0v) is 25.1. The second-order valence-corrected chi connectivity index (χ2v) is 11.9. The molecule has 3 heterocycles. The van der Waals surface area contributed by atoms with Crippen LogP contribution in [-0.2, 0) is 11.0 Å². The number of piperazine rings is 1. The average molecular weight is 604 g/mol. The van der Waals surface area contributed by atoms with E-state index in [1.54, 1.807) is 36.9 Å². The first kappa shape index (κ1) is 31.5. The van der Waals surface area contributed by atoms with Gasteiger partial charge in [-0.2, -0.15) is 18.4 Å². The summed E-state index contributed by atoms with van der Waals surface area (Å²) in [5, 5.41) is 9.26. The van der Waals surface area contributed by atoms with Gasteiger partial charge in [0.25, 0.3) is 11.8 Å². The van der Waals surface area contributed by atoms with Crippen LogP contribution in [0.25, 0.3) is 0 Å². The third-order valence-electron chi connectivity index (χ3n) is 8.20. The Morgan fingerprint density at radius 3 is 2.40 bits per heavy atom. The highest BCUT2D eigenvalue weighted by Crippen LogP contribution is 2.38. The first-order chi connectivity index (χ1) is 19.8. The number of nitrogens with zero attached hydrogens (tertiary/aromatic N) is 5. The molecule has 2 unspecified atom stereocenters. The highest BCUT2D eigenvalue weighted by molar-refractivity contribution is 7.80. The molecule has 0 aliphatic carbocycles. The number of anilines is 1. The van der Waals surface area contributed by atoms with E-state index in [-0.39, 0.29) is 28.8 Å². The maximum absolute atomic E-state index is 13.5. The van der Waals surface area contributed by atoms with Crippen molar-refractivity contribution < 1.29 is 27.2 Å². The van der Waals surface area contributed by atoms with E-state index in [0.29, 0.717) is 18.8 Å². The minimum atomic E-state index is -4.73. The van der Waals surface area contributed by atoms with Crippen molar-refractivity contribution in [3.05, 3.63) is 53.5 Å². The molecule has 226 valence electrons. The van der Waals surface area contributed by atoms with Crippen LogP contribution in [0.5, 0.6) is 0 Å². The van der Waals surface area contributed by atoms with Gasteiger partial charge < -0.3 is 14.2 Å². The summed E-state index contributed by atoms with van der Waals surface area (Å²) >= 11 is 5.58. The predicted octanol–water partition coefficient (Wildman–Crippen LogP) is 5.68. The van der Waals surface area contributed by atoms with Crippen molar-refractivity contribution in [2.24, 2.45) is 0 Å². The maximum Gasteiger partial charge on any atom is 0.417 e. The SMILES string of the molecule is CC1CN(C(=O)c2ccco2)C(C)CN1CCCCCCN1C(=S)N(c2ccc(C#N)c(C(F)(F)F)c2)C(=O)C1(C)C. The molecule has 12 heteroatoms. The van der Waals surface area contributed by atoms with E-state index < -0.39 is 28.7 Å². The Bertz CT molecular complexity index is 1350. The lowest BCUT2D eigenvalue weighted by Crippen LogP contribution is -2.58. The quantitative estimate of drug-likeness (QED) is 0.270. The van der Waals surface area contributed by atoms with Crippen LogP contribution in [0, 0.1) is 11.3 Å². The predicted molar refractivity (Wildman–Crippen MR) is 156 cm³/mol. The molecule has 2 atom stereocenters. The van der Waals surface area contributed by atoms with Gasteiger partial charge in [0.1, 0.15) is 5.54 Å². The molecule has 2 fully saturated rings. The summed E-state index contributed by atoms with van der Waals surface area (Å²) in [5.74, 6) is -0.132. The molecular formula is C30H36F3N5O3S. The number of rotatable bonds is 9. The van der Waals surface area contributed by atoms with Crippen molar-refractivity contribution in [2.75, 3.05) is 31.1 Å². The molecule has 2 saturated heterocycles. The minimum Gasteiger partial charge on any atom is -0.459 e. The van der Waals surface area contributed by atoms with Gasteiger partial charge in [0, 0.05) is 31.7 Å². The molecule has 1 aromatic carbocycles. The number of benzene rings is 1. The lowest BCUT2D eigenvalue weighted by atomic mass is 10.0. The Balaban J connectivity index is 1.27. The lowest BCUT2D eigenvalue weighted by molar-refractivity contribution is -0.137. The van der Waals surface area contributed by atoms with Gasteiger partial charge in [-0.25, -0.2) is 0 Å². The topological polar surface area (TPSA) is 84.0 Å². The molecule has 0 saturated carbocycles. The van der Waals surface area contributed by atoms with Crippen LogP contribution in [0.1, 0.15) is 75.1 Å². The maximum atomic E-state index is 13.5. The normalized spacial score (nSPS) is 21.2. The number of unbranched alkanes of at least 4 members (excludes halogenated alkanes) is 3. The second kappa shape index (κ2) is 12.4. The van der Waals surface area contributed by atoms with Gasteiger partial charge in [0.2, 0.25) is 0 Å². The van der Waals surface area contributed by atoms with E-state index >= 15 is 0 Å². The Hall–Kier alpha value is -3.43. The van der Waals surface area contributed by atoms with Crippen LogP contribution >= 0.6 is 12.2 Å². The number of carbonyl (C=O) groups is 2. The Morgan fingerprint density at radius 2 is 1.79 bits per heavy atom. The summed E-state index contributed by atoms with van der Waals surface area (Å²) in [6.45, 7) is 10.4. The molecule has 0 spiro atoms. The highest BCUT2D eigenvalue weighted by atomic mass is 32.1. The summed E-state index contributed by atoms with van der Waals surface area (Å²) in [5.41, 5.74) is -2.61. The van der Waals surface area contributed by atoms with Crippen molar-refractivity contribution in [1.29, 1.82) is 5.26 Å². The van der Waals surface area contributed by atoms with Crippen molar-refractivity contribution in [3.63, 3.8) is 0 Å². The molecule has 0 bridgehead atoms. The fraction of sp³-hybridized carbons (Fsp3) is 0.533. The molecule has 4 rings (SSSR count). The summed E-state index contributed by atoms with van der Waals surface area (Å²) < 4.78 is 45.9. The number of halogens is 3. The van der Waals surface area contributed by atoms with E-state index in [9.17, 15) is 22.8 Å². The number of furan rings is 1. The zero-order chi connectivity index (χ0) is 30.8. The van der Waals surface area contributed by atoms with Crippen LogP contribution in [0.15, 0.2) is 41.0 Å². The van der Waals surface area contributed by atoms with E-state index in [0.717, 1.165) is 55.8 Å². The number of hydrogen-bond donors (Lipinski definition) is 0. The first-order valence-corrected chi connectivity index (χ1v) is 14.5. The van der Waals surface area contributed by atoms with Crippen LogP contribution in [-0.4, -0.2) is 75.4 Å². The number of hydrogen-bond acceptors (Lipinski definition) is 6. The average Bonchev–Trinajstić information content (AvgIpc) is 3.53. The van der Waals surface area contributed by atoms with Crippen molar-refractivity contribution in [3.8, 4) is 6.07 Å². The molecule has 42 heavy (non-hydrogen) atoms. The van der Waals surface area contributed by atoms with Crippen LogP contribution in [0.2, 0.25) is 0 Å². The molecule has 2 aliphatic rings. The van der Waals surface area contributed by atoms with Gasteiger partial charge >= 0.3 is 6.18 Å². The van der Waals surface area contributed by atoms with E-state index in [1.165, 1.54) is 12.3 Å². The third-order valence-corrected chi connectivity index (χ3v) is 8.60. The number of alkyl halides is 3. The van der Waals surface area contributed by atoms with Crippen LogP contribution in [0.3, 0.4) is 0 Å². The monoisotopic (exact) mass is 603 g/mol. The Kier molecular flexibility index (Phi) is 9.33. The number of amides is 2. The number of carbonyl (C=O) groups excluding carboxylic acids is 2. The summed E-state index contributed by atoms with van der Waals surface area (Å²) in [6, 6.07) is 8.47. The van der Waals surface area contributed by atoms with Gasteiger partial charge in [-0.1, -0.05) is 12.8 Å². The van der Waals surface area contributed by atoms with Gasteiger partial charge in [-0.15, -0.1) is 0 Å². The first-order valence-electron chi connectivity index (χ1n) is 14.1. The fourth-order valence-corrected chi connectivity index (χ4v) is 6.22. The Morgan fingerprint density at radius 1 is 1.10 bits per heavy atom. The fourth-order valence-electron chi connectivity index (χ4n) is 5.71. The summed E-state index contributed by atoms with van der Waals surface area (Å²) in [7, 11) is 0. The van der Waals surface area contributed by atoms with Gasteiger partial charge in [0.05, 0.1) is 29.1 Å². The minimum absolute atomic E-state index is 0.00112. The van der Waals surface area contributed by atoms with Crippen LogP contribution < -0.4 is 4.90 Å². The summed E-state index contributed by atoms with van der Waals surface area (Å²) in [4.78, 5) is 33.2.